The van der Waals surface area contributed by atoms with Crippen LogP contribution in [0.2, 0.25) is 0 Å². The van der Waals surface area contributed by atoms with Crippen LogP contribution >= 0.6 is 0 Å². The molecule has 2 aromatic rings. The fourth-order valence-electron chi connectivity index (χ4n) is 5.34. The summed E-state index contributed by atoms with van der Waals surface area (Å²) in [6.07, 6.45) is 3.34. The van der Waals surface area contributed by atoms with E-state index in [1.165, 1.54) is 34.3 Å². The van der Waals surface area contributed by atoms with E-state index >= 15 is 0 Å². The predicted octanol–water partition coefficient (Wildman–Crippen LogP) is 2.46. The molecule has 0 aliphatic carbocycles. The number of Topliss-reactive ketones (excluding diaryl/α,β-unsaturated/α-hetero) is 1. The maximum absolute atomic E-state index is 13.7. The average Bonchev–Trinajstić information content (AvgIpc) is 3.43. The summed E-state index contributed by atoms with van der Waals surface area (Å²) in [5.41, 5.74) is 1.72. The molecule has 3 heterocycles. The zero-order chi connectivity index (χ0) is 27.8. The Kier molecular flexibility index (Phi) is 7.58. The van der Waals surface area contributed by atoms with Crippen LogP contribution in [0.3, 0.4) is 0 Å². The largest absolute Gasteiger partial charge is 0.619 e. The van der Waals surface area contributed by atoms with Crippen molar-refractivity contribution in [3.8, 4) is 0 Å². The van der Waals surface area contributed by atoms with Gasteiger partial charge in [0.25, 0.3) is 11.8 Å². The number of pyridine rings is 1. The van der Waals surface area contributed by atoms with Gasteiger partial charge in [-0.15, -0.1) is 0 Å². The quantitative estimate of drug-likeness (QED) is 0.464. The average molecular weight is 521 g/mol. The topological polar surface area (TPSA) is 114 Å². The number of hydrogen-bond donors (Lipinski definition) is 1. The van der Waals surface area contributed by atoms with Gasteiger partial charge >= 0.3 is 0 Å². The molecule has 2 aliphatic rings. The first kappa shape index (κ1) is 27.3. The number of carbonyl (C=O) groups excluding carboxylic acids is 4. The highest BCUT2D eigenvalue weighted by Gasteiger charge is 2.52. The standard InChI is InChI=1S/C29H36N4O5/c1-18(2)15-22(30-26(35)19-8-10-21(11-9-19)29(3,4)5)28(37)32-14-12-23-25(32)24(34)17-33(23)27(36)20-7-6-13-31(38)16-20/h6-11,13,16,18,22-23,25H,12,14-15,17H2,1-5H3,(H,30,35). The van der Waals surface area contributed by atoms with Gasteiger partial charge in [0.05, 0.1) is 12.6 Å². The molecule has 3 amide bonds. The van der Waals surface area contributed by atoms with Gasteiger partial charge in [-0.25, -0.2) is 0 Å². The minimum Gasteiger partial charge on any atom is -0.619 e. The Morgan fingerprint density at radius 3 is 2.37 bits per heavy atom. The fourth-order valence-corrected chi connectivity index (χ4v) is 5.34. The lowest BCUT2D eigenvalue weighted by Crippen LogP contribution is -2.53. The smallest absolute Gasteiger partial charge is 0.260 e. The summed E-state index contributed by atoms with van der Waals surface area (Å²) >= 11 is 0. The van der Waals surface area contributed by atoms with Crippen molar-refractivity contribution in [1.82, 2.24) is 15.1 Å². The molecule has 2 aliphatic heterocycles. The number of carbonyl (C=O) groups is 4. The van der Waals surface area contributed by atoms with E-state index in [1.807, 2.05) is 26.0 Å². The Hall–Kier alpha value is -3.75. The lowest BCUT2D eigenvalue weighted by atomic mass is 9.86. The second-order valence-electron chi connectivity index (χ2n) is 11.7. The summed E-state index contributed by atoms with van der Waals surface area (Å²) in [7, 11) is 0. The highest BCUT2D eigenvalue weighted by molar-refractivity contribution is 6.03. The van der Waals surface area contributed by atoms with Crippen LogP contribution in [0.5, 0.6) is 0 Å². The first-order chi connectivity index (χ1) is 17.9. The van der Waals surface area contributed by atoms with Gasteiger partial charge in [0.15, 0.2) is 18.2 Å². The molecule has 0 spiro atoms. The minimum absolute atomic E-state index is 0.0445. The van der Waals surface area contributed by atoms with Crippen LogP contribution in [-0.2, 0) is 15.0 Å². The summed E-state index contributed by atoms with van der Waals surface area (Å²) in [5, 5.41) is 14.5. The van der Waals surface area contributed by atoms with E-state index in [-0.39, 0.29) is 41.0 Å². The third-order valence-corrected chi connectivity index (χ3v) is 7.31. The van der Waals surface area contributed by atoms with Crippen molar-refractivity contribution in [2.75, 3.05) is 13.1 Å². The van der Waals surface area contributed by atoms with Crippen molar-refractivity contribution in [2.24, 2.45) is 5.92 Å². The maximum atomic E-state index is 13.7. The monoisotopic (exact) mass is 520 g/mol. The summed E-state index contributed by atoms with van der Waals surface area (Å²) in [6, 6.07) is 8.37. The molecule has 2 saturated heterocycles. The van der Waals surface area contributed by atoms with Crippen molar-refractivity contribution < 1.29 is 23.9 Å². The lowest BCUT2D eigenvalue weighted by Gasteiger charge is -2.29. The van der Waals surface area contributed by atoms with Gasteiger partial charge in [0.1, 0.15) is 17.6 Å². The first-order valence-corrected chi connectivity index (χ1v) is 13.1. The fraction of sp³-hybridized carbons (Fsp3) is 0.483. The number of ketones is 1. The van der Waals surface area contributed by atoms with Crippen LogP contribution < -0.4 is 10.0 Å². The first-order valence-electron chi connectivity index (χ1n) is 13.1. The highest BCUT2D eigenvalue weighted by atomic mass is 16.5. The molecule has 38 heavy (non-hydrogen) atoms. The van der Waals surface area contributed by atoms with Crippen LogP contribution in [-0.4, -0.2) is 64.5 Å². The third-order valence-electron chi connectivity index (χ3n) is 7.31. The van der Waals surface area contributed by atoms with E-state index in [1.54, 1.807) is 12.1 Å². The summed E-state index contributed by atoms with van der Waals surface area (Å²) < 4.78 is 0.545. The molecule has 0 bridgehead atoms. The Bertz CT molecular complexity index is 1230. The van der Waals surface area contributed by atoms with E-state index in [2.05, 4.69) is 26.1 Å². The Balaban J connectivity index is 1.50. The summed E-state index contributed by atoms with van der Waals surface area (Å²) in [6.45, 7) is 10.4. The Labute approximate surface area is 223 Å². The molecule has 9 nitrogen and oxygen atoms in total. The molecular formula is C29H36N4O5. The van der Waals surface area contributed by atoms with Crippen molar-refractivity contribution in [1.29, 1.82) is 0 Å². The Morgan fingerprint density at radius 2 is 1.76 bits per heavy atom. The zero-order valence-corrected chi connectivity index (χ0v) is 22.6. The molecule has 1 aromatic heterocycles. The number of nitrogens with zero attached hydrogens (tertiary/aromatic N) is 3. The number of hydrogen-bond acceptors (Lipinski definition) is 5. The number of benzene rings is 1. The molecule has 2 fully saturated rings. The number of likely N-dealkylation sites (tertiary alicyclic amines) is 2. The van der Waals surface area contributed by atoms with Crippen LogP contribution in [0, 0.1) is 11.1 Å². The third kappa shape index (κ3) is 5.56. The number of aromatic nitrogens is 1. The van der Waals surface area contributed by atoms with Gasteiger partial charge in [0, 0.05) is 18.2 Å². The van der Waals surface area contributed by atoms with Crippen molar-refractivity contribution in [3.63, 3.8) is 0 Å². The van der Waals surface area contributed by atoms with E-state index in [9.17, 15) is 24.4 Å². The molecule has 4 rings (SSSR count). The minimum atomic E-state index is -0.797. The molecule has 0 saturated carbocycles. The van der Waals surface area contributed by atoms with E-state index in [4.69, 9.17) is 0 Å². The molecule has 3 atom stereocenters. The second kappa shape index (κ2) is 10.6. The van der Waals surface area contributed by atoms with Crippen molar-refractivity contribution >= 4 is 23.5 Å². The van der Waals surface area contributed by atoms with E-state index in [0.29, 0.717) is 29.7 Å². The van der Waals surface area contributed by atoms with Crippen molar-refractivity contribution in [2.45, 2.75) is 71.0 Å². The van der Waals surface area contributed by atoms with Crippen LogP contribution in [0.25, 0.3) is 0 Å². The molecule has 0 radical (unpaired) electrons. The molecule has 9 heteroatoms. The SMILES string of the molecule is CC(C)CC(NC(=O)c1ccc(C(C)(C)C)cc1)C(=O)N1CCC2C1C(=O)CN2C(=O)c1ccc[n+]([O-])c1. The molecule has 3 unspecified atom stereocenters. The summed E-state index contributed by atoms with van der Waals surface area (Å²) in [4.78, 5) is 55.9. The van der Waals surface area contributed by atoms with Crippen molar-refractivity contribution in [3.05, 3.63) is 70.7 Å². The van der Waals surface area contributed by atoms with Gasteiger partial charge in [-0.3, -0.25) is 19.2 Å². The molecular weight excluding hydrogens is 484 g/mol. The van der Waals surface area contributed by atoms with Gasteiger partial charge < -0.3 is 20.3 Å². The Morgan fingerprint density at radius 1 is 1.08 bits per heavy atom. The molecule has 1 N–H and O–H groups in total. The van der Waals surface area contributed by atoms with Gasteiger partial charge in [-0.05, 0) is 47.9 Å². The van der Waals surface area contributed by atoms with E-state index < -0.39 is 24.0 Å². The number of nitrogens with one attached hydrogen (secondary N) is 1. The van der Waals surface area contributed by atoms with Gasteiger partial charge in [0.2, 0.25) is 5.91 Å². The number of fused-ring (bicyclic) bond motifs is 1. The second-order valence-corrected chi connectivity index (χ2v) is 11.7. The summed E-state index contributed by atoms with van der Waals surface area (Å²) in [5.74, 6) is -1.15. The maximum Gasteiger partial charge on any atom is 0.260 e. The highest BCUT2D eigenvalue weighted by Crippen LogP contribution is 2.32. The number of rotatable bonds is 6. The predicted molar refractivity (Wildman–Crippen MR) is 141 cm³/mol. The molecule has 202 valence electrons. The van der Waals surface area contributed by atoms with Gasteiger partial charge in [-0.2, -0.15) is 4.73 Å². The normalized spacial score (nSPS) is 20.0. The molecule has 1 aromatic carbocycles. The van der Waals surface area contributed by atoms with Crippen LogP contribution in [0.1, 0.15) is 73.7 Å². The lowest BCUT2D eigenvalue weighted by molar-refractivity contribution is -0.605. The van der Waals surface area contributed by atoms with Gasteiger partial charge in [-0.1, -0.05) is 46.8 Å². The zero-order valence-electron chi connectivity index (χ0n) is 22.6. The van der Waals surface area contributed by atoms with Crippen LogP contribution in [0.15, 0.2) is 48.8 Å². The number of amides is 3. The van der Waals surface area contributed by atoms with E-state index in [0.717, 1.165) is 5.56 Å². The van der Waals surface area contributed by atoms with Crippen LogP contribution in [0.4, 0.5) is 0 Å².